The number of quaternary nitrogens is 1. The van der Waals surface area contributed by atoms with E-state index in [0.29, 0.717) is 22.9 Å². The van der Waals surface area contributed by atoms with Crippen molar-refractivity contribution in [1.29, 1.82) is 0 Å². The molecule has 0 saturated heterocycles. The molecule has 0 radical (unpaired) electrons. The number of hydrogen-bond donors (Lipinski definition) is 3. The molecule has 2 aromatic carbocycles. The minimum atomic E-state index is -0.496. The summed E-state index contributed by atoms with van der Waals surface area (Å²) in [6.07, 6.45) is 0.773. The maximum atomic E-state index is 13.2. The first-order valence-corrected chi connectivity index (χ1v) is 11.3. The molecule has 0 amide bonds. The van der Waals surface area contributed by atoms with Gasteiger partial charge in [0.2, 0.25) is 18.4 Å². The van der Waals surface area contributed by atoms with E-state index in [2.05, 4.69) is 20.9 Å². The van der Waals surface area contributed by atoms with Crippen molar-refractivity contribution in [3.8, 4) is 28.8 Å². The highest BCUT2D eigenvalue weighted by Gasteiger charge is 2.41. The van der Waals surface area contributed by atoms with Gasteiger partial charge >= 0.3 is 0 Å². The van der Waals surface area contributed by atoms with Crippen LogP contribution in [0, 0.1) is 4.77 Å². The van der Waals surface area contributed by atoms with Gasteiger partial charge in [0.25, 0.3) is 5.56 Å². The molecule has 8 nitrogen and oxygen atoms in total. The average molecular weight is 519 g/mol. The molecule has 3 heterocycles. The first kappa shape index (κ1) is 21.0. The summed E-state index contributed by atoms with van der Waals surface area (Å²) in [6, 6.07) is 8.76. The number of H-pyrrole nitrogens is 1. The zero-order valence-corrected chi connectivity index (χ0v) is 19.8. The van der Waals surface area contributed by atoms with Crippen LogP contribution in [-0.2, 0) is 6.42 Å². The largest absolute Gasteiger partial charge is 0.494 e. The number of aromatic amines is 1. The average Bonchev–Trinajstić information content (AvgIpc) is 3.23. The SMILES string of the molecule is COc1c2c(cc3c1[C@H](c1c(O)n(-c4ccc(Br)cc4)c(=S)[nH]c1=O)[NH+](C)CC3)OCO2. The lowest BCUT2D eigenvalue weighted by molar-refractivity contribution is -0.908. The standard InChI is InChI=1S/C22H20BrN3O5S/c1-25-8-7-11-9-14-18(31-10-30-14)19(29-2)15(11)17(25)16-20(27)24-22(32)26(21(16)28)13-5-3-12(23)4-6-13/h3-6,9,17,28H,7-8,10H2,1-2H3,(H,24,27,32)/p+1/t17-/m1/s1. The second-order valence-corrected chi connectivity index (χ2v) is 9.11. The smallest absolute Gasteiger partial charge is 0.265 e. The van der Waals surface area contributed by atoms with E-state index in [1.165, 1.54) is 4.57 Å². The Hall–Kier alpha value is -2.82. The van der Waals surface area contributed by atoms with Crippen molar-refractivity contribution in [1.82, 2.24) is 9.55 Å². The summed E-state index contributed by atoms with van der Waals surface area (Å²) < 4.78 is 19.5. The molecule has 32 heavy (non-hydrogen) atoms. The molecule has 3 N–H and O–H groups in total. The van der Waals surface area contributed by atoms with E-state index in [1.54, 1.807) is 7.11 Å². The van der Waals surface area contributed by atoms with Gasteiger partial charge < -0.3 is 24.2 Å². The van der Waals surface area contributed by atoms with Gasteiger partial charge in [0.05, 0.1) is 32.0 Å². The summed E-state index contributed by atoms with van der Waals surface area (Å²) in [5, 5.41) is 11.4. The van der Waals surface area contributed by atoms with Crippen molar-refractivity contribution >= 4 is 28.1 Å². The van der Waals surface area contributed by atoms with Crippen LogP contribution in [-0.4, -0.2) is 42.2 Å². The van der Waals surface area contributed by atoms with Crippen molar-refractivity contribution < 1.29 is 24.2 Å². The van der Waals surface area contributed by atoms with E-state index in [1.807, 2.05) is 37.4 Å². The number of likely N-dealkylation sites (N-methyl/N-ethyl adjacent to an activating group) is 1. The number of aromatic hydroxyl groups is 1. The molecule has 2 aliphatic heterocycles. The first-order chi connectivity index (χ1) is 15.4. The second-order valence-electron chi connectivity index (χ2n) is 7.80. The van der Waals surface area contributed by atoms with Gasteiger partial charge in [-0.2, -0.15) is 0 Å². The quantitative estimate of drug-likeness (QED) is 0.461. The molecule has 10 heteroatoms. The Morgan fingerprint density at radius 2 is 2.03 bits per heavy atom. The number of nitrogens with one attached hydrogen (secondary N) is 2. The molecule has 3 aromatic rings. The van der Waals surface area contributed by atoms with E-state index >= 15 is 0 Å². The number of rotatable bonds is 3. The summed E-state index contributed by atoms with van der Waals surface area (Å²) in [4.78, 5) is 17.0. The van der Waals surface area contributed by atoms with Gasteiger partial charge in [0.1, 0.15) is 5.56 Å². The lowest BCUT2D eigenvalue weighted by Gasteiger charge is -2.33. The van der Waals surface area contributed by atoms with Gasteiger partial charge in [-0.25, -0.2) is 0 Å². The van der Waals surface area contributed by atoms with Crippen molar-refractivity contribution in [2.45, 2.75) is 12.5 Å². The molecule has 1 aromatic heterocycles. The molecule has 2 atom stereocenters. The van der Waals surface area contributed by atoms with Crippen LogP contribution in [0.3, 0.4) is 0 Å². The van der Waals surface area contributed by atoms with Gasteiger partial charge in [-0.3, -0.25) is 14.3 Å². The normalized spacial score (nSPS) is 19.0. The highest BCUT2D eigenvalue weighted by atomic mass is 79.9. The highest BCUT2D eigenvalue weighted by molar-refractivity contribution is 9.10. The van der Waals surface area contributed by atoms with E-state index < -0.39 is 11.6 Å². The minimum absolute atomic E-state index is 0.113. The summed E-state index contributed by atoms with van der Waals surface area (Å²) in [5.41, 5.74) is 2.23. The first-order valence-electron chi connectivity index (χ1n) is 10.1. The van der Waals surface area contributed by atoms with Crippen LogP contribution in [0.1, 0.15) is 22.7 Å². The summed E-state index contributed by atoms with van der Waals surface area (Å²) >= 11 is 8.81. The van der Waals surface area contributed by atoms with Gasteiger partial charge in [-0.15, -0.1) is 0 Å². The molecule has 2 aliphatic rings. The number of nitrogens with zero attached hydrogens (tertiary/aromatic N) is 1. The fraction of sp³-hybridized carbons (Fsp3) is 0.273. The third kappa shape index (κ3) is 3.21. The monoisotopic (exact) mass is 518 g/mol. The zero-order chi connectivity index (χ0) is 22.6. The summed E-state index contributed by atoms with van der Waals surface area (Å²) in [6.45, 7) is 0.870. The van der Waals surface area contributed by atoms with Gasteiger partial charge in [0, 0.05) is 10.9 Å². The summed E-state index contributed by atoms with van der Waals surface area (Å²) in [5.74, 6) is 1.47. The fourth-order valence-electron chi connectivity index (χ4n) is 4.55. The molecule has 1 unspecified atom stereocenters. The Kier molecular flexibility index (Phi) is 5.23. The minimum Gasteiger partial charge on any atom is -0.494 e. The van der Waals surface area contributed by atoms with Crippen LogP contribution >= 0.6 is 28.1 Å². The number of methoxy groups -OCH3 is 1. The van der Waals surface area contributed by atoms with E-state index in [0.717, 1.165) is 33.5 Å². The number of fused-ring (bicyclic) bond motifs is 2. The fourth-order valence-corrected chi connectivity index (χ4v) is 5.09. The maximum absolute atomic E-state index is 13.2. The van der Waals surface area contributed by atoms with E-state index in [9.17, 15) is 9.90 Å². The van der Waals surface area contributed by atoms with Crippen LogP contribution < -0.4 is 24.7 Å². The van der Waals surface area contributed by atoms with Crippen LogP contribution in [0.25, 0.3) is 5.69 Å². The number of aromatic nitrogens is 2. The van der Waals surface area contributed by atoms with Crippen molar-refractivity contribution in [2.24, 2.45) is 0 Å². The summed E-state index contributed by atoms with van der Waals surface area (Å²) in [7, 11) is 3.55. The molecule has 0 fully saturated rings. The Balaban J connectivity index is 1.78. The maximum Gasteiger partial charge on any atom is 0.265 e. The van der Waals surface area contributed by atoms with Crippen LogP contribution in [0.15, 0.2) is 39.6 Å². The van der Waals surface area contributed by atoms with Crippen molar-refractivity contribution in [3.05, 3.63) is 66.6 Å². The molecule has 0 bridgehead atoms. The molecular formula is C22H21BrN3O5S+. The Morgan fingerprint density at radius 3 is 2.75 bits per heavy atom. The lowest BCUT2D eigenvalue weighted by Crippen LogP contribution is -3.10. The number of halogens is 1. The number of hydrogen-bond acceptors (Lipinski definition) is 6. The van der Waals surface area contributed by atoms with Crippen molar-refractivity contribution in [3.63, 3.8) is 0 Å². The van der Waals surface area contributed by atoms with Crippen LogP contribution in [0.5, 0.6) is 23.1 Å². The van der Waals surface area contributed by atoms with Gasteiger partial charge in [-0.1, -0.05) is 15.9 Å². The molecule has 5 rings (SSSR count). The molecular weight excluding hydrogens is 498 g/mol. The lowest BCUT2D eigenvalue weighted by atomic mass is 9.87. The predicted octanol–water partition coefficient (Wildman–Crippen LogP) is 2.26. The number of benzene rings is 2. The van der Waals surface area contributed by atoms with Gasteiger partial charge in [0.15, 0.2) is 22.3 Å². The molecule has 0 aliphatic carbocycles. The van der Waals surface area contributed by atoms with Crippen LogP contribution in [0.4, 0.5) is 0 Å². The second kappa shape index (κ2) is 7.95. The third-order valence-corrected chi connectivity index (χ3v) is 6.83. The Labute approximate surface area is 197 Å². The highest BCUT2D eigenvalue weighted by Crippen LogP contribution is 2.48. The van der Waals surface area contributed by atoms with Crippen molar-refractivity contribution in [2.75, 3.05) is 27.5 Å². The number of ether oxygens (including phenoxy) is 3. The van der Waals surface area contributed by atoms with E-state index in [-0.39, 0.29) is 23.0 Å². The topological polar surface area (TPSA) is 90.2 Å². The zero-order valence-electron chi connectivity index (χ0n) is 17.4. The third-order valence-electron chi connectivity index (χ3n) is 6.01. The van der Waals surface area contributed by atoms with E-state index in [4.69, 9.17) is 26.4 Å². The van der Waals surface area contributed by atoms with Crippen LogP contribution in [0.2, 0.25) is 0 Å². The molecule has 0 spiro atoms. The molecule has 0 saturated carbocycles. The predicted molar refractivity (Wildman–Crippen MR) is 123 cm³/mol. The van der Waals surface area contributed by atoms with Gasteiger partial charge in [-0.05, 0) is 48.1 Å². The Bertz CT molecular complexity index is 1340. The molecule has 166 valence electrons. The Morgan fingerprint density at radius 1 is 1.28 bits per heavy atom.